The summed E-state index contributed by atoms with van der Waals surface area (Å²) < 4.78 is 47.0. The van der Waals surface area contributed by atoms with E-state index in [0.29, 0.717) is 30.9 Å². The van der Waals surface area contributed by atoms with Crippen LogP contribution in [-0.2, 0) is 22.6 Å². The van der Waals surface area contributed by atoms with Crippen LogP contribution in [-0.4, -0.2) is 105 Å². The number of ether oxygens (including phenoxy) is 1. The summed E-state index contributed by atoms with van der Waals surface area (Å²) in [6.07, 6.45) is 0.718. The highest BCUT2D eigenvalue weighted by molar-refractivity contribution is 5.82. The Balaban J connectivity index is 1.15. The number of nitrogens with one attached hydrogen (secondary N) is 2. The van der Waals surface area contributed by atoms with E-state index in [1.807, 2.05) is 69.6 Å². The van der Waals surface area contributed by atoms with Crippen LogP contribution in [0.5, 0.6) is 5.75 Å². The highest BCUT2D eigenvalue weighted by Gasteiger charge is 2.37. The Morgan fingerprint density at radius 3 is 2.56 bits per heavy atom. The summed E-state index contributed by atoms with van der Waals surface area (Å²) in [5.41, 5.74) is 3.37. The van der Waals surface area contributed by atoms with Gasteiger partial charge in [-0.05, 0) is 54.3 Å². The minimum atomic E-state index is -4.58. The second-order valence-electron chi connectivity index (χ2n) is 13.4. The summed E-state index contributed by atoms with van der Waals surface area (Å²) >= 11 is 0. The molecule has 0 radical (unpaired) electrons. The Morgan fingerprint density at radius 2 is 1.79 bits per heavy atom. The molecule has 1 fully saturated rings. The van der Waals surface area contributed by atoms with Gasteiger partial charge in [-0.25, -0.2) is 0 Å². The molecule has 0 aliphatic carbocycles. The second-order valence-corrected chi connectivity index (χ2v) is 13.4. The van der Waals surface area contributed by atoms with Crippen LogP contribution in [0.1, 0.15) is 29.2 Å². The molecule has 2 aliphatic rings. The topological polar surface area (TPSA) is 132 Å². The van der Waals surface area contributed by atoms with Crippen molar-refractivity contribution < 1.29 is 37.7 Å². The minimum absolute atomic E-state index is 0.000476. The Morgan fingerprint density at radius 1 is 1.00 bits per heavy atom. The van der Waals surface area contributed by atoms with Gasteiger partial charge in [0.2, 0.25) is 11.8 Å². The van der Waals surface area contributed by atoms with Gasteiger partial charge in [-0.1, -0.05) is 42.5 Å². The molecular weight excluding hydrogens is 677 g/mol. The van der Waals surface area contributed by atoms with Crippen molar-refractivity contribution in [3.63, 3.8) is 0 Å². The van der Waals surface area contributed by atoms with Gasteiger partial charge in [0.25, 0.3) is 0 Å². The van der Waals surface area contributed by atoms with Gasteiger partial charge in [0, 0.05) is 74.7 Å². The van der Waals surface area contributed by atoms with Crippen molar-refractivity contribution >= 4 is 11.8 Å². The molecule has 0 bridgehead atoms. The zero-order chi connectivity index (χ0) is 36.7. The minimum Gasteiger partial charge on any atom is -0.490 e. The van der Waals surface area contributed by atoms with Crippen LogP contribution < -0.4 is 15.4 Å². The van der Waals surface area contributed by atoms with Gasteiger partial charge in [-0.2, -0.15) is 13.2 Å². The molecule has 6 rings (SSSR count). The quantitative estimate of drug-likeness (QED) is 0.166. The van der Waals surface area contributed by atoms with Gasteiger partial charge in [0.15, 0.2) is 0 Å². The van der Waals surface area contributed by atoms with Crippen molar-refractivity contribution in [2.45, 2.75) is 49.9 Å². The van der Waals surface area contributed by atoms with E-state index >= 15 is 0 Å². The molecule has 5 atom stereocenters. The summed E-state index contributed by atoms with van der Waals surface area (Å²) in [5, 5.41) is 27.2. The maximum absolute atomic E-state index is 13.9. The highest BCUT2D eigenvalue weighted by atomic mass is 19.4. The number of amides is 2. The van der Waals surface area contributed by atoms with Gasteiger partial charge in [0.05, 0.1) is 12.1 Å². The number of hydrogen-bond donors (Lipinski definition) is 4. The van der Waals surface area contributed by atoms with E-state index in [-0.39, 0.29) is 32.5 Å². The molecule has 11 nitrogen and oxygen atoms in total. The van der Waals surface area contributed by atoms with Crippen molar-refractivity contribution in [2.75, 3.05) is 39.3 Å². The number of para-hydroxylation sites is 2. The fourth-order valence-corrected chi connectivity index (χ4v) is 6.90. The third kappa shape index (κ3) is 9.76. The maximum atomic E-state index is 13.9. The van der Waals surface area contributed by atoms with Gasteiger partial charge < -0.3 is 30.2 Å². The third-order valence-electron chi connectivity index (χ3n) is 9.48. The molecule has 4 N–H and O–H groups in total. The standard InChI is InChI=1S/C38H43F3N6O5/c39-38(40,41)25-43-37(51)32-23-45(20-27-12-14-46(21-27)29-8-2-1-3-9-29)15-16-47(32)22-30(48)18-28(17-26-7-6-13-42-19-26)36(50)44-35-31-10-4-5-11-34(31)52-24-33(35)49/h1-14,19,21,28,30,32-33,35,48-49H,15-18,20,22-25H2,(H,43,51)(H,44,50)/t28-,30+,32+,33-,35+/m1/s1. The first-order valence-corrected chi connectivity index (χ1v) is 17.3. The van der Waals surface area contributed by atoms with Gasteiger partial charge in [-0.3, -0.25) is 24.4 Å². The lowest BCUT2D eigenvalue weighted by Gasteiger charge is -2.41. The molecule has 0 spiro atoms. The Kier molecular flexibility index (Phi) is 11.9. The maximum Gasteiger partial charge on any atom is 0.405 e. The highest BCUT2D eigenvalue weighted by Crippen LogP contribution is 2.32. The average Bonchev–Trinajstić information content (AvgIpc) is 3.61. The fraction of sp³-hybridized carbons (Fsp3) is 0.395. The van der Waals surface area contributed by atoms with Gasteiger partial charge in [-0.15, -0.1) is 0 Å². The molecule has 4 aromatic rings. The number of aromatic nitrogens is 2. The number of fused-ring (bicyclic) bond motifs is 1. The summed E-state index contributed by atoms with van der Waals surface area (Å²) in [6, 6.07) is 20.7. The van der Waals surface area contributed by atoms with Crippen LogP contribution >= 0.6 is 0 Å². The van der Waals surface area contributed by atoms with Crippen LogP contribution in [0.25, 0.3) is 5.69 Å². The predicted octanol–water partition coefficient (Wildman–Crippen LogP) is 3.26. The summed E-state index contributed by atoms with van der Waals surface area (Å²) in [4.78, 5) is 35.0. The van der Waals surface area contributed by atoms with Gasteiger partial charge >= 0.3 is 6.18 Å². The molecule has 0 saturated carbocycles. The molecule has 52 heavy (non-hydrogen) atoms. The summed E-state index contributed by atoms with van der Waals surface area (Å²) in [7, 11) is 0. The van der Waals surface area contributed by atoms with E-state index in [1.54, 1.807) is 47.6 Å². The number of nitrogens with zero attached hydrogens (tertiary/aromatic N) is 4. The van der Waals surface area contributed by atoms with Crippen molar-refractivity contribution in [3.05, 3.63) is 114 Å². The number of pyridine rings is 1. The number of piperazine rings is 1. The van der Waals surface area contributed by atoms with E-state index in [0.717, 1.165) is 16.8 Å². The fourth-order valence-electron chi connectivity index (χ4n) is 6.90. The number of aliphatic hydroxyl groups excluding tert-OH is 2. The summed E-state index contributed by atoms with van der Waals surface area (Å²) in [6.45, 7) is -0.0606. The lowest BCUT2D eigenvalue weighted by molar-refractivity contribution is -0.143. The van der Waals surface area contributed by atoms with Crippen molar-refractivity contribution in [1.82, 2.24) is 30.0 Å². The number of carbonyl (C=O) groups excluding carboxylic acids is 2. The number of β-amino-alcohol motifs (C(OH)–C–C–N with tert-alkyl or cyclic N) is 1. The van der Waals surface area contributed by atoms with Crippen LogP contribution in [0.4, 0.5) is 13.2 Å². The zero-order valence-electron chi connectivity index (χ0n) is 28.5. The first kappa shape index (κ1) is 37.0. The molecule has 2 aliphatic heterocycles. The Bertz CT molecular complexity index is 1780. The molecule has 276 valence electrons. The number of benzene rings is 2. The van der Waals surface area contributed by atoms with E-state index in [1.165, 1.54) is 0 Å². The van der Waals surface area contributed by atoms with E-state index in [2.05, 4.69) is 10.3 Å². The third-order valence-corrected chi connectivity index (χ3v) is 9.48. The molecule has 2 aromatic carbocycles. The number of aliphatic hydroxyl groups is 2. The lowest BCUT2D eigenvalue weighted by atomic mass is 9.91. The van der Waals surface area contributed by atoms with Crippen LogP contribution in [0.2, 0.25) is 0 Å². The second kappa shape index (κ2) is 16.7. The Hall–Kier alpha value is -4.76. The first-order valence-electron chi connectivity index (χ1n) is 17.3. The number of rotatable bonds is 13. The number of hydrogen-bond acceptors (Lipinski definition) is 8. The number of halogens is 3. The smallest absolute Gasteiger partial charge is 0.405 e. The normalized spacial score (nSPS) is 20.7. The van der Waals surface area contributed by atoms with E-state index in [4.69, 9.17) is 4.74 Å². The van der Waals surface area contributed by atoms with Crippen molar-refractivity contribution in [3.8, 4) is 11.4 Å². The monoisotopic (exact) mass is 720 g/mol. The van der Waals surface area contributed by atoms with Crippen LogP contribution in [0.3, 0.4) is 0 Å². The predicted molar refractivity (Wildman–Crippen MR) is 186 cm³/mol. The van der Waals surface area contributed by atoms with E-state index < -0.39 is 54.7 Å². The molecule has 0 unspecified atom stereocenters. The summed E-state index contributed by atoms with van der Waals surface area (Å²) in [5.74, 6) is -1.37. The van der Waals surface area contributed by atoms with Crippen molar-refractivity contribution in [1.29, 1.82) is 0 Å². The van der Waals surface area contributed by atoms with Crippen LogP contribution in [0, 0.1) is 5.92 Å². The van der Waals surface area contributed by atoms with Crippen molar-refractivity contribution in [2.24, 2.45) is 5.92 Å². The molecule has 2 aromatic heterocycles. The van der Waals surface area contributed by atoms with Crippen LogP contribution in [0.15, 0.2) is 97.6 Å². The number of carbonyl (C=O) groups is 2. The SMILES string of the molecule is O=C(N[C@H]1c2ccccc2OC[C@H]1O)[C@H](Cc1cccnc1)C[C@H](O)CN1CCN(Cc2ccn(-c3ccccc3)c2)C[C@H]1C(=O)NCC(F)(F)F. The first-order chi connectivity index (χ1) is 25.0. The lowest BCUT2D eigenvalue weighted by Crippen LogP contribution is -2.60. The molecule has 1 saturated heterocycles. The molecule has 14 heteroatoms. The van der Waals surface area contributed by atoms with Gasteiger partial charge in [0.1, 0.15) is 31.0 Å². The largest absolute Gasteiger partial charge is 0.490 e. The zero-order valence-corrected chi connectivity index (χ0v) is 28.5. The number of alkyl halides is 3. The average molecular weight is 721 g/mol. The molecular formula is C38H43F3N6O5. The Labute approximate surface area is 300 Å². The molecule has 2 amide bonds. The molecule has 4 heterocycles. The van der Waals surface area contributed by atoms with E-state index in [9.17, 15) is 33.0 Å².